The Labute approximate surface area is 176 Å². The second kappa shape index (κ2) is 10.7. The van der Waals surface area contributed by atoms with Gasteiger partial charge in [0.1, 0.15) is 10.7 Å². The number of thioether (sulfide) groups is 1. The van der Waals surface area contributed by atoms with Crippen LogP contribution in [0.4, 0.5) is 5.69 Å². The minimum atomic E-state index is -0.174. The van der Waals surface area contributed by atoms with Crippen LogP contribution in [0.15, 0.2) is 34.9 Å². The molecule has 1 fully saturated rings. The number of hydrogen-bond acceptors (Lipinski definition) is 6. The molecule has 0 unspecified atom stereocenters. The van der Waals surface area contributed by atoms with E-state index in [0.29, 0.717) is 35.1 Å². The van der Waals surface area contributed by atoms with Gasteiger partial charge in [-0.05, 0) is 37.7 Å². The maximum absolute atomic E-state index is 12.4. The van der Waals surface area contributed by atoms with E-state index in [2.05, 4.69) is 27.4 Å². The number of piperazine rings is 1. The first-order valence-corrected chi connectivity index (χ1v) is 11.2. The number of ether oxygens (including phenoxy) is 1. The van der Waals surface area contributed by atoms with E-state index < -0.39 is 0 Å². The molecule has 0 aromatic heterocycles. The summed E-state index contributed by atoms with van der Waals surface area (Å²) in [5.74, 6) is 1.16. The number of nitrogens with zero attached hydrogens (tertiary/aromatic N) is 2. The minimum Gasteiger partial charge on any atom is -0.496 e. The van der Waals surface area contributed by atoms with E-state index >= 15 is 0 Å². The summed E-state index contributed by atoms with van der Waals surface area (Å²) in [6, 6.07) is 6.97. The maximum atomic E-state index is 12.4. The summed E-state index contributed by atoms with van der Waals surface area (Å²) in [5, 5.41) is 5.84. The molecule has 0 spiro atoms. The van der Waals surface area contributed by atoms with E-state index in [1.807, 2.05) is 0 Å². The Bertz CT molecular complexity index is 743. The third-order valence-electron chi connectivity index (χ3n) is 5.20. The molecule has 1 aromatic carbocycles. The van der Waals surface area contributed by atoms with Gasteiger partial charge in [0.15, 0.2) is 0 Å². The second-order valence-corrected chi connectivity index (χ2v) is 8.25. The van der Waals surface area contributed by atoms with E-state index in [0.717, 1.165) is 45.0 Å². The van der Waals surface area contributed by atoms with Gasteiger partial charge in [-0.25, -0.2) is 0 Å². The van der Waals surface area contributed by atoms with Crippen molar-refractivity contribution in [1.29, 1.82) is 0 Å². The molecule has 1 saturated heterocycles. The monoisotopic (exact) mass is 418 g/mol. The van der Waals surface area contributed by atoms with Crippen LogP contribution in [0, 0.1) is 0 Å². The fraction of sp³-hybridized carbons (Fsp3) is 0.524. The molecule has 1 aromatic rings. The highest BCUT2D eigenvalue weighted by atomic mass is 32.2. The fourth-order valence-corrected chi connectivity index (χ4v) is 4.20. The molecule has 0 atom stereocenters. The lowest BCUT2D eigenvalue weighted by atomic mass is 10.2. The van der Waals surface area contributed by atoms with Crippen LogP contribution in [0.2, 0.25) is 0 Å². The van der Waals surface area contributed by atoms with E-state index in [4.69, 9.17) is 4.74 Å². The molecule has 0 saturated carbocycles. The van der Waals surface area contributed by atoms with Crippen LogP contribution in [-0.2, 0) is 9.53 Å². The average molecular weight is 419 g/mol. The summed E-state index contributed by atoms with van der Waals surface area (Å²) in [5.41, 5.74) is 1.25. The number of carbonyl (C=O) groups is 2. The number of carbonyl (C=O) groups excluding carboxylic acids is 2. The van der Waals surface area contributed by atoms with Crippen molar-refractivity contribution in [3.05, 3.63) is 40.5 Å². The number of nitrogens with one attached hydrogen (secondary N) is 2. The van der Waals surface area contributed by atoms with E-state index in [1.54, 1.807) is 31.2 Å². The van der Waals surface area contributed by atoms with Gasteiger partial charge in [0.2, 0.25) is 0 Å². The molecule has 0 aliphatic carbocycles. The molecular weight excluding hydrogens is 388 g/mol. The Kier molecular flexibility index (Phi) is 7.97. The summed E-state index contributed by atoms with van der Waals surface area (Å²) < 4.78 is 5.43. The van der Waals surface area contributed by atoms with Crippen LogP contribution in [0.3, 0.4) is 0 Å². The first-order valence-electron chi connectivity index (χ1n) is 10.2. The smallest absolute Gasteiger partial charge is 0.265 e. The molecule has 3 rings (SSSR count). The van der Waals surface area contributed by atoms with Gasteiger partial charge >= 0.3 is 0 Å². The molecule has 158 valence electrons. The van der Waals surface area contributed by atoms with Gasteiger partial charge in [-0.15, -0.1) is 11.8 Å². The van der Waals surface area contributed by atoms with Crippen molar-refractivity contribution in [2.24, 2.45) is 0 Å². The quantitative estimate of drug-likeness (QED) is 0.706. The van der Waals surface area contributed by atoms with Gasteiger partial charge in [-0.1, -0.05) is 6.92 Å². The zero-order valence-electron chi connectivity index (χ0n) is 17.2. The number of likely N-dealkylation sites (N-methyl/N-ethyl adjacent to an activating group) is 1. The van der Waals surface area contributed by atoms with Crippen LogP contribution in [-0.4, -0.2) is 79.8 Å². The lowest BCUT2D eigenvalue weighted by Gasteiger charge is -2.33. The van der Waals surface area contributed by atoms with Crippen LogP contribution in [0.5, 0.6) is 0 Å². The molecular formula is C21H30N4O3S. The largest absolute Gasteiger partial charge is 0.496 e. The molecule has 0 bridgehead atoms. The van der Waals surface area contributed by atoms with Crippen molar-refractivity contribution in [3.63, 3.8) is 0 Å². The molecule has 8 heteroatoms. The molecule has 2 aliphatic heterocycles. The summed E-state index contributed by atoms with van der Waals surface area (Å²) in [6.07, 6.45) is 0. The highest BCUT2D eigenvalue weighted by molar-refractivity contribution is 8.04. The molecule has 2 aliphatic rings. The van der Waals surface area contributed by atoms with Crippen molar-refractivity contribution < 1.29 is 14.3 Å². The Morgan fingerprint density at radius 3 is 2.41 bits per heavy atom. The summed E-state index contributed by atoms with van der Waals surface area (Å²) >= 11 is 1.50. The number of benzene rings is 1. The highest BCUT2D eigenvalue weighted by Crippen LogP contribution is 2.26. The molecule has 2 heterocycles. The van der Waals surface area contributed by atoms with Crippen LogP contribution < -0.4 is 10.6 Å². The van der Waals surface area contributed by atoms with Gasteiger partial charge in [0.05, 0.1) is 6.61 Å². The van der Waals surface area contributed by atoms with Crippen molar-refractivity contribution in [2.75, 3.05) is 63.5 Å². The van der Waals surface area contributed by atoms with Gasteiger partial charge < -0.3 is 20.3 Å². The maximum Gasteiger partial charge on any atom is 0.265 e. The predicted molar refractivity (Wildman–Crippen MR) is 117 cm³/mol. The molecule has 29 heavy (non-hydrogen) atoms. The number of anilines is 1. The Morgan fingerprint density at radius 1 is 1.07 bits per heavy atom. The lowest BCUT2D eigenvalue weighted by Crippen LogP contribution is -2.48. The van der Waals surface area contributed by atoms with Crippen molar-refractivity contribution >= 4 is 29.3 Å². The normalized spacial score (nSPS) is 18.3. The fourth-order valence-electron chi connectivity index (χ4n) is 3.38. The van der Waals surface area contributed by atoms with Gasteiger partial charge in [-0.2, -0.15) is 0 Å². The van der Waals surface area contributed by atoms with Gasteiger partial charge in [0, 0.05) is 56.3 Å². The molecule has 2 N–H and O–H groups in total. The average Bonchev–Trinajstić information content (AvgIpc) is 2.75. The Balaban J connectivity index is 1.43. The lowest BCUT2D eigenvalue weighted by molar-refractivity contribution is -0.112. The van der Waals surface area contributed by atoms with E-state index in [1.165, 1.54) is 11.8 Å². The van der Waals surface area contributed by atoms with Gasteiger partial charge in [-0.3, -0.25) is 14.5 Å². The van der Waals surface area contributed by atoms with Crippen molar-refractivity contribution in [2.45, 2.75) is 13.8 Å². The summed E-state index contributed by atoms with van der Waals surface area (Å²) in [7, 11) is 0. The summed E-state index contributed by atoms with van der Waals surface area (Å²) in [6.45, 7) is 11.5. The van der Waals surface area contributed by atoms with Crippen molar-refractivity contribution in [3.8, 4) is 0 Å². The van der Waals surface area contributed by atoms with Crippen LogP contribution >= 0.6 is 11.8 Å². The van der Waals surface area contributed by atoms with Crippen LogP contribution in [0.25, 0.3) is 0 Å². The molecule has 0 radical (unpaired) electrons. The Hall–Kier alpha value is -2.03. The first-order chi connectivity index (χ1) is 14.1. The SMILES string of the molecule is CCN1CCN(CCNC(=O)c2ccc(NC(=O)C3=C(C)OCCS3)cc2)CC1. The zero-order valence-corrected chi connectivity index (χ0v) is 18.0. The number of rotatable bonds is 7. The van der Waals surface area contributed by atoms with Crippen molar-refractivity contribution in [1.82, 2.24) is 15.1 Å². The number of hydrogen-bond donors (Lipinski definition) is 2. The second-order valence-electron chi connectivity index (χ2n) is 7.15. The topological polar surface area (TPSA) is 73.9 Å². The van der Waals surface area contributed by atoms with Crippen LogP contribution in [0.1, 0.15) is 24.2 Å². The van der Waals surface area contributed by atoms with E-state index in [-0.39, 0.29) is 11.8 Å². The highest BCUT2D eigenvalue weighted by Gasteiger charge is 2.19. The minimum absolute atomic E-state index is 0.0927. The number of amides is 2. The standard InChI is InChI=1S/C21H30N4O3S/c1-3-24-10-12-25(13-11-24)9-8-22-20(26)17-4-6-18(7-5-17)23-21(27)19-16(2)28-14-15-29-19/h4-7H,3,8-15H2,1-2H3,(H,22,26)(H,23,27). The zero-order chi connectivity index (χ0) is 20.6. The van der Waals surface area contributed by atoms with Gasteiger partial charge in [0.25, 0.3) is 11.8 Å². The summed E-state index contributed by atoms with van der Waals surface area (Å²) in [4.78, 5) is 30.2. The third kappa shape index (κ3) is 6.22. The number of allylic oxidation sites excluding steroid dienone is 1. The van der Waals surface area contributed by atoms with E-state index in [9.17, 15) is 9.59 Å². The molecule has 7 nitrogen and oxygen atoms in total. The first kappa shape index (κ1) is 21.7. The molecule has 2 amide bonds. The Morgan fingerprint density at radius 2 is 1.76 bits per heavy atom. The predicted octanol–water partition coefficient (Wildman–Crippen LogP) is 1.99. The third-order valence-corrected chi connectivity index (χ3v) is 6.34.